The molecule has 12 heavy (non-hydrogen) atoms. The Hall–Kier alpha value is 0.0200. The van der Waals surface area contributed by atoms with Gasteiger partial charge in [0, 0.05) is 5.92 Å². The van der Waals surface area contributed by atoms with Gasteiger partial charge in [0.1, 0.15) is 5.78 Å². The van der Waals surface area contributed by atoms with E-state index in [1.807, 2.05) is 13.2 Å². The van der Waals surface area contributed by atoms with Gasteiger partial charge >= 0.3 is 0 Å². The van der Waals surface area contributed by atoms with Gasteiger partial charge in [-0.05, 0) is 26.0 Å². The summed E-state index contributed by atoms with van der Waals surface area (Å²) in [6.45, 7) is 2.03. The van der Waals surface area contributed by atoms with E-state index in [1.54, 1.807) is 11.8 Å². The van der Waals surface area contributed by atoms with Gasteiger partial charge in [-0.2, -0.15) is 11.8 Å². The molecular formula is C10H18OS. The third-order valence-electron chi connectivity index (χ3n) is 2.76. The minimum Gasteiger partial charge on any atom is -0.298 e. The third kappa shape index (κ3) is 2.51. The van der Waals surface area contributed by atoms with E-state index in [1.165, 1.54) is 19.3 Å². The Morgan fingerprint density at radius 2 is 1.92 bits per heavy atom. The van der Waals surface area contributed by atoms with Gasteiger partial charge in [-0.1, -0.05) is 19.3 Å². The van der Waals surface area contributed by atoms with Crippen molar-refractivity contribution >= 4 is 17.5 Å². The highest BCUT2D eigenvalue weighted by Gasteiger charge is 2.24. The summed E-state index contributed by atoms with van der Waals surface area (Å²) in [5.74, 6) is 0.878. The molecule has 1 fully saturated rings. The zero-order chi connectivity index (χ0) is 8.97. The Kier molecular flexibility index (Phi) is 4.13. The van der Waals surface area contributed by atoms with Gasteiger partial charge in [0.05, 0.1) is 5.25 Å². The quantitative estimate of drug-likeness (QED) is 0.674. The second-order valence-electron chi connectivity index (χ2n) is 3.62. The van der Waals surface area contributed by atoms with Crippen LogP contribution in [0.1, 0.15) is 39.0 Å². The van der Waals surface area contributed by atoms with E-state index in [4.69, 9.17) is 0 Å². The first-order valence-electron chi connectivity index (χ1n) is 4.82. The standard InChI is InChI=1S/C10H18OS/c1-8(12-2)10(11)9-6-4-3-5-7-9/h8-9H,3-7H2,1-2H3. The second-order valence-corrected chi connectivity index (χ2v) is 4.79. The summed E-state index contributed by atoms with van der Waals surface area (Å²) in [6.07, 6.45) is 8.16. The molecule has 0 radical (unpaired) electrons. The van der Waals surface area contributed by atoms with Crippen LogP contribution >= 0.6 is 11.8 Å². The molecule has 0 amide bonds. The topological polar surface area (TPSA) is 17.1 Å². The van der Waals surface area contributed by atoms with Gasteiger partial charge in [-0.3, -0.25) is 4.79 Å². The van der Waals surface area contributed by atoms with Crippen molar-refractivity contribution in [3.8, 4) is 0 Å². The molecule has 0 aromatic carbocycles. The molecule has 1 atom stereocenters. The van der Waals surface area contributed by atoms with Gasteiger partial charge in [-0.25, -0.2) is 0 Å². The summed E-state index contributed by atoms with van der Waals surface area (Å²) in [4.78, 5) is 11.7. The van der Waals surface area contributed by atoms with Crippen LogP contribution in [-0.4, -0.2) is 17.3 Å². The van der Waals surface area contributed by atoms with Crippen LogP contribution in [-0.2, 0) is 4.79 Å². The monoisotopic (exact) mass is 186 g/mol. The normalized spacial score (nSPS) is 22.2. The number of hydrogen-bond donors (Lipinski definition) is 0. The summed E-state index contributed by atoms with van der Waals surface area (Å²) in [5, 5.41) is 0.216. The van der Waals surface area contributed by atoms with Crippen molar-refractivity contribution in [2.75, 3.05) is 6.26 Å². The lowest BCUT2D eigenvalue weighted by Crippen LogP contribution is -2.25. The Labute approximate surface area is 79.3 Å². The lowest BCUT2D eigenvalue weighted by atomic mass is 9.85. The van der Waals surface area contributed by atoms with E-state index in [9.17, 15) is 4.79 Å². The fourth-order valence-electron chi connectivity index (χ4n) is 1.84. The van der Waals surface area contributed by atoms with E-state index < -0.39 is 0 Å². The molecule has 0 aromatic rings. The number of hydrogen-bond acceptors (Lipinski definition) is 2. The predicted molar refractivity (Wildman–Crippen MR) is 54.6 cm³/mol. The number of carbonyl (C=O) groups excluding carboxylic acids is 1. The van der Waals surface area contributed by atoms with Gasteiger partial charge < -0.3 is 0 Å². The molecule has 0 N–H and O–H groups in total. The lowest BCUT2D eigenvalue weighted by Gasteiger charge is -2.22. The summed E-state index contributed by atoms with van der Waals surface area (Å²) in [6, 6.07) is 0. The smallest absolute Gasteiger partial charge is 0.148 e. The molecule has 0 saturated heterocycles. The minimum atomic E-state index is 0.216. The van der Waals surface area contributed by atoms with Crippen LogP contribution in [0.2, 0.25) is 0 Å². The van der Waals surface area contributed by atoms with Gasteiger partial charge in [-0.15, -0.1) is 0 Å². The summed E-state index contributed by atoms with van der Waals surface area (Å²) in [5.41, 5.74) is 0. The summed E-state index contributed by atoms with van der Waals surface area (Å²) >= 11 is 1.68. The summed E-state index contributed by atoms with van der Waals surface area (Å²) in [7, 11) is 0. The average molecular weight is 186 g/mol. The first-order valence-corrected chi connectivity index (χ1v) is 6.11. The van der Waals surface area contributed by atoms with E-state index in [-0.39, 0.29) is 5.25 Å². The van der Waals surface area contributed by atoms with Crippen LogP contribution < -0.4 is 0 Å². The van der Waals surface area contributed by atoms with E-state index >= 15 is 0 Å². The third-order valence-corrected chi connectivity index (χ3v) is 3.70. The molecule has 0 bridgehead atoms. The largest absolute Gasteiger partial charge is 0.298 e. The minimum absolute atomic E-state index is 0.216. The van der Waals surface area contributed by atoms with Crippen LogP contribution in [0.4, 0.5) is 0 Å². The Morgan fingerprint density at radius 3 is 2.42 bits per heavy atom. The first-order chi connectivity index (χ1) is 5.75. The fourth-order valence-corrected chi connectivity index (χ4v) is 2.26. The van der Waals surface area contributed by atoms with Gasteiger partial charge in [0.15, 0.2) is 0 Å². The fraction of sp³-hybridized carbons (Fsp3) is 0.900. The highest BCUT2D eigenvalue weighted by atomic mass is 32.2. The molecule has 2 heteroatoms. The van der Waals surface area contributed by atoms with Crippen molar-refractivity contribution in [2.45, 2.75) is 44.3 Å². The molecule has 0 heterocycles. The molecule has 1 aliphatic carbocycles. The molecule has 70 valence electrons. The van der Waals surface area contributed by atoms with Crippen LogP contribution in [0, 0.1) is 5.92 Å². The Bertz CT molecular complexity index is 150. The molecule has 1 nitrogen and oxygen atoms in total. The molecular weight excluding hydrogens is 168 g/mol. The number of Topliss-reactive ketones (excluding diaryl/α,β-unsaturated/α-hetero) is 1. The molecule has 0 aromatic heterocycles. The van der Waals surface area contributed by atoms with E-state index in [2.05, 4.69) is 0 Å². The SMILES string of the molecule is CSC(C)C(=O)C1CCCCC1. The second kappa shape index (κ2) is 4.90. The molecule has 1 unspecified atom stereocenters. The van der Waals surface area contributed by atoms with Crippen LogP contribution in [0.5, 0.6) is 0 Å². The van der Waals surface area contributed by atoms with Crippen molar-refractivity contribution < 1.29 is 4.79 Å². The number of carbonyl (C=O) groups is 1. The van der Waals surface area contributed by atoms with Gasteiger partial charge in [0.2, 0.25) is 0 Å². The molecule has 0 aliphatic heterocycles. The maximum absolute atomic E-state index is 11.7. The van der Waals surface area contributed by atoms with Crippen molar-refractivity contribution in [1.29, 1.82) is 0 Å². The highest BCUT2D eigenvalue weighted by molar-refractivity contribution is 7.99. The first kappa shape index (κ1) is 10.1. The number of thioether (sulfide) groups is 1. The van der Waals surface area contributed by atoms with Crippen molar-refractivity contribution in [3.63, 3.8) is 0 Å². The Balaban J connectivity index is 2.39. The Morgan fingerprint density at radius 1 is 1.33 bits per heavy atom. The maximum atomic E-state index is 11.7. The zero-order valence-electron chi connectivity index (χ0n) is 8.01. The van der Waals surface area contributed by atoms with Gasteiger partial charge in [0.25, 0.3) is 0 Å². The predicted octanol–water partition coefficient (Wildman–Crippen LogP) is 2.89. The van der Waals surface area contributed by atoms with Crippen molar-refractivity contribution in [2.24, 2.45) is 5.92 Å². The zero-order valence-corrected chi connectivity index (χ0v) is 8.82. The lowest BCUT2D eigenvalue weighted by molar-refractivity contribution is -0.122. The van der Waals surface area contributed by atoms with Crippen molar-refractivity contribution in [3.05, 3.63) is 0 Å². The summed E-state index contributed by atoms with van der Waals surface area (Å²) < 4.78 is 0. The molecule has 1 aliphatic rings. The van der Waals surface area contributed by atoms with Crippen LogP contribution in [0.3, 0.4) is 0 Å². The molecule has 1 saturated carbocycles. The number of ketones is 1. The van der Waals surface area contributed by atoms with E-state index in [0.717, 1.165) is 12.8 Å². The van der Waals surface area contributed by atoms with Crippen LogP contribution in [0.25, 0.3) is 0 Å². The molecule has 1 rings (SSSR count). The van der Waals surface area contributed by atoms with Crippen molar-refractivity contribution in [1.82, 2.24) is 0 Å². The van der Waals surface area contributed by atoms with Crippen LogP contribution in [0.15, 0.2) is 0 Å². The maximum Gasteiger partial charge on any atom is 0.148 e. The average Bonchev–Trinajstić information content (AvgIpc) is 2.17. The number of rotatable bonds is 3. The molecule has 0 spiro atoms. The van der Waals surface area contributed by atoms with E-state index in [0.29, 0.717) is 11.7 Å². The highest BCUT2D eigenvalue weighted by Crippen LogP contribution is 2.27.